The number of allylic oxidation sites excluding steroid dienone is 1. The number of aryl methyl sites for hydroxylation is 2. The molecule has 2 aromatic heterocycles. The van der Waals surface area contributed by atoms with Crippen LogP contribution in [0.1, 0.15) is 50.8 Å². The zero-order valence-electron chi connectivity index (χ0n) is 18.5. The molecule has 0 bridgehead atoms. The van der Waals surface area contributed by atoms with Crippen LogP contribution in [-0.2, 0) is 29.0 Å². The maximum atomic E-state index is 13.1. The van der Waals surface area contributed by atoms with Gasteiger partial charge < -0.3 is 15.0 Å². The summed E-state index contributed by atoms with van der Waals surface area (Å²) in [7, 11) is 0. The second-order valence-corrected chi connectivity index (χ2v) is 8.60. The van der Waals surface area contributed by atoms with Gasteiger partial charge in [0.05, 0.1) is 23.8 Å². The number of rotatable bonds is 6. The highest BCUT2D eigenvalue weighted by molar-refractivity contribution is 5.98. The molecule has 2 aromatic rings. The van der Waals surface area contributed by atoms with Crippen LogP contribution in [0.15, 0.2) is 29.5 Å². The molecule has 1 aliphatic carbocycles. The van der Waals surface area contributed by atoms with Crippen molar-refractivity contribution in [3.63, 3.8) is 0 Å². The first-order valence-electron chi connectivity index (χ1n) is 11.6. The summed E-state index contributed by atoms with van der Waals surface area (Å²) >= 11 is 0. The molecule has 7 nitrogen and oxygen atoms in total. The van der Waals surface area contributed by atoms with Gasteiger partial charge in [0, 0.05) is 49.2 Å². The van der Waals surface area contributed by atoms with Gasteiger partial charge in [-0.1, -0.05) is 19.1 Å². The minimum Gasteiger partial charge on any atom is -0.381 e. The molecule has 7 heteroatoms. The number of aromatic nitrogens is 3. The molecule has 1 fully saturated rings. The number of carbonyl (C=O) groups excluding carboxylic acids is 1. The van der Waals surface area contributed by atoms with Crippen LogP contribution in [0, 0.1) is 0 Å². The maximum absolute atomic E-state index is 13.1. The molecule has 0 radical (unpaired) electrons. The van der Waals surface area contributed by atoms with Gasteiger partial charge in [-0.2, -0.15) is 5.10 Å². The Kier molecular flexibility index (Phi) is 5.52. The Morgan fingerprint density at radius 3 is 2.84 bits per heavy atom. The lowest BCUT2D eigenvalue weighted by atomic mass is 10.0. The summed E-state index contributed by atoms with van der Waals surface area (Å²) in [5.41, 5.74) is 6.38. The number of amides is 1. The van der Waals surface area contributed by atoms with Crippen molar-refractivity contribution in [2.75, 3.05) is 25.1 Å². The van der Waals surface area contributed by atoms with Crippen LogP contribution in [-0.4, -0.2) is 51.4 Å². The first-order valence-corrected chi connectivity index (χ1v) is 11.6. The average molecular weight is 422 g/mol. The van der Waals surface area contributed by atoms with Crippen LogP contribution in [0.5, 0.6) is 0 Å². The van der Waals surface area contributed by atoms with E-state index in [0.717, 1.165) is 85.4 Å². The third-order valence-corrected chi connectivity index (χ3v) is 6.70. The van der Waals surface area contributed by atoms with Gasteiger partial charge in [0.25, 0.3) is 5.91 Å². The highest BCUT2D eigenvalue weighted by Crippen LogP contribution is 2.35. The molecule has 1 N–H and O–H groups in total. The topological polar surface area (TPSA) is 72.3 Å². The molecule has 0 unspecified atom stereocenters. The second kappa shape index (κ2) is 8.46. The van der Waals surface area contributed by atoms with Crippen molar-refractivity contribution < 1.29 is 9.53 Å². The van der Waals surface area contributed by atoms with Crippen LogP contribution in [0.2, 0.25) is 0 Å². The van der Waals surface area contributed by atoms with E-state index in [2.05, 4.69) is 36.4 Å². The minimum absolute atomic E-state index is 0.183. The largest absolute Gasteiger partial charge is 0.381 e. The molecule has 1 saturated heterocycles. The van der Waals surface area contributed by atoms with Gasteiger partial charge in [0.15, 0.2) is 5.65 Å². The van der Waals surface area contributed by atoms with Gasteiger partial charge in [0.1, 0.15) is 0 Å². The molecule has 0 atom stereocenters. The zero-order valence-corrected chi connectivity index (χ0v) is 18.5. The number of ether oxygens (including phenoxy) is 1. The van der Waals surface area contributed by atoms with Gasteiger partial charge >= 0.3 is 0 Å². The third-order valence-electron chi connectivity index (χ3n) is 6.70. The van der Waals surface area contributed by atoms with E-state index < -0.39 is 0 Å². The lowest BCUT2D eigenvalue weighted by Crippen LogP contribution is -2.31. The number of nitrogens with zero attached hydrogens (tertiary/aromatic N) is 4. The molecule has 4 heterocycles. The molecule has 164 valence electrons. The van der Waals surface area contributed by atoms with Crippen LogP contribution < -0.4 is 5.32 Å². The van der Waals surface area contributed by atoms with Gasteiger partial charge in [-0.25, -0.2) is 9.67 Å². The van der Waals surface area contributed by atoms with E-state index in [9.17, 15) is 4.79 Å². The van der Waals surface area contributed by atoms with Gasteiger partial charge in [-0.05, 0) is 44.6 Å². The zero-order chi connectivity index (χ0) is 21.4. The summed E-state index contributed by atoms with van der Waals surface area (Å²) in [6.07, 6.45) is 10.8. The van der Waals surface area contributed by atoms with Crippen molar-refractivity contribution in [1.82, 2.24) is 19.7 Å². The van der Waals surface area contributed by atoms with Crippen LogP contribution in [0.3, 0.4) is 0 Å². The van der Waals surface area contributed by atoms with Crippen molar-refractivity contribution in [3.8, 4) is 0 Å². The number of carbonyl (C=O) groups is 1. The van der Waals surface area contributed by atoms with Crippen molar-refractivity contribution in [2.45, 2.75) is 65.1 Å². The quantitative estimate of drug-likeness (QED) is 0.772. The van der Waals surface area contributed by atoms with Crippen LogP contribution in [0.25, 0.3) is 11.0 Å². The van der Waals surface area contributed by atoms with E-state index in [0.29, 0.717) is 19.1 Å². The first-order chi connectivity index (χ1) is 15.2. The summed E-state index contributed by atoms with van der Waals surface area (Å²) < 4.78 is 7.52. The van der Waals surface area contributed by atoms with E-state index in [4.69, 9.17) is 9.72 Å². The molecule has 0 spiro atoms. The Bertz CT molecular complexity index is 1060. The summed E-state index contributed by atoms with van der Waals surface area (Å²) in [6.45, 7) is 7.84. The number of hydrogen-bond acceptors (Lipinski definition) is 5. The van der Waals surface area contributed by atoms with E-state index in [1.165, 1.54) is 5.57 Å². The molecular formula is C24H31N5O2. The summed E-state index contributed by atoms with van der Waals surface area (Å²) in [5.74, 6) is 0.183. The molecule has 2 aliphatic heterocycles. The number of fused-ring (bicyclic) bond motifs is 1. The van der Waals surface area contributed by atoms with E-state index in [1.54, 1.807) is 0 Å². The molecule has 3 aliphatic rings. The molecule has 0 aromatic carbocycles. The molecule has 1 amide bonds. The number of hydrogen-bond donors (Lipinski definition) is 1. The normalized spacial score (nSPS) is 19.5. The predicted octanol–water partition coefficient (Wildman–Crippen LogP) is 3.59. The fraction of sp³-hybridized carbons (Fsp3) is 0.542. The summed E-state index contributed by atoms with van der Waals surface area (Å²) in [5, 5.41) is 9.44. The van der Waals surface area contributed by atoms with Gasteiger partial charge in [-0.3, -0.25) is 4.79 Å². The lowest BCUT2D eigenvalue weighted by molar-refractivity contribution is -0.126. The van der Waals surface area contributed by atoms with E-state index in [-0.39, 0.29) is 5.91 Å². The summed E-state index contributed by atoms with van der Waals surface area (Å²) in [6, 6.07) is 0.358. The Hall–Kier alpha value is -2.67. The highest BCUT2D eigenvalue weighted by atomic mass is 16.5. The minimum atomic E-state index is 0.183. The van der Waals surface area contributed by atoms with Crippen LogP contribution >= 0.6 is 0 Å². The number of nitrogens with one attached hydrogen (secondary N) is 1. The third kappa shape index (κ3) is 3.65. The SMILES string of the molecule is CCc1nc2c(cnn2CC)c(NC2CCOCC2)c1CN1CC2=C(CCC=C2)C1=O. The Balaban J connectivity index is 1.54. The number of anilines is 1. The van der Waals surface area contributed by atoms with Crippen LogP contribution in [0.4, 0.5) is 5.69 Å². The number of pyridine rings is 1. The molecule has 0 saturated carbocycles. The fourth-order valence-corrected chi connectivity index (χ4v) is 4.97. The van der Waals surface area contributed by atoms with Crippen molar-refractivity contribution in [1.29, 1.82) is 0 Å². The maximum Gasteiger partial charge on any atom is 0.250 e. The lowest BCUT2D eigenvalue weighted by Gasteiger charge is -2.28. The molecule has 31 heavy (non-hydrogen) atoms. The Morgan fingerprint density at radius 2 is 2.10 bits per heavy atom. The molecule has 5 rings (SSSR count). The highest BCUT2D eigenvalue weighted by Gasteiger charge is 2.31. The van der Waals surface area contributed by atoms with Gasteiger partial charge in [-0.15, -0.1) is 0 Å². The molecular weight excluding hydrogens is 390 g/mol. The Labute approximate surface area is 183 Å². The monoisotopic (exact) mass is 421 g/mol. The standard InChI is InChI=1S/C24H31N5O2/c1-3-21-20(15-28-14-16-7-5-6-8-18(16)24(28)30)22(26-17-9-11-31-12-10-17)19-13-25-29(4-2)23(19)27-21/h5,7,13,17H,3-4,6,8-12,14-15H2,1-2H3,(H,26,27). The predicted molar refractivity (Wildman–Crippen MR) is 121 cm³/mol. The summed E-state index contributed by atoms with van der Waals surface area (Å²) in [4.78, 5) is 20.1. The van der Waals surface area contributed by atoms with E-state index in [1.807, 2.05) is 15.8 Å². The van der Waals surface area contributed by atoms with Crippen molar-refractivity contribution >= 4 is 22.6 Å². The second-order valence-electron chi connectivity index (χ2n) is 8.60. The van der Waals surface area contributed by atoms with E-state index >= 15 is 0 Å². The van der Waals surface area contributed by atoms with Gasteiger partial charge in [0.2, 0.25) is 0 Å². The van der Waals surface area contributed by atoms with Crippen molar-refractivity contribution in [2.24, 2.45) is 0 Å². The average Bonchev–Trinajstić information content (AvgIpc) is 3.36. The first kappa shape index (κ1) is 20.2. The van der Waals surface area contributed by atoms with Crippen molar-refractivity contribution in [3.05, 3.63) is 40.8 Å². The smallest absolute Gasteiger partial charge is 0.250 e. The Morgan fingerprint density at radius 1 is 1.26 bits per heavy atom. The fourth-order valence-electron chi connectivity index (χ4n) is 4.97.